The lowest BCUT2D eigenvalue weighted by atomic mass is 10.3. The number of amides is 1. The summed E-state index contributed by atoms with van der Waals surface area (Å²) in [6, 6.07) is 5.52. The Morgan fingerprint density at radius 3 is 3.14 bits per heavy atom. The van der Waals surface area contributed by atoms with E-state index in [0.717, 1.165) is 14.6 Å². The van der Waals surface area contributed by atoms with E-state index in [4.69, 9.17) is 5.73 Å². The number of nitrogens with zero attached hydrogens (tertiary/aromatic N) is 2. The summed E-state index contributed by atoms with van der Waals surface area (Å²) in [5.74, 6) is 0.670. The average Bonchev–Trinajstić information content (AvgIpc) is 3.07. The SMILES string of the molecule is Nc1ccc2nc(NC(=O)CCSc3nccs3)sc2c1. The minimum atomic E-state index is -0.0360. The van der Waals surface area contributed by atoms with Crippen LogP contribution < -0.4 is 11.1 Å². The highest BCUT2D eigenvalue weighted by molar-refractivity contribution is 8.01. The van der Waals surface area contributed by atoms with E-state index < -0.39 is 0 Å². The molecule has 0 radical (unpaired) electrons. The van der Waals surface area contributed by atoms with Crippen molar-refractivity contribution in [2.24, 2.45) is 0 Å². The molecule has 2 heterocycles. The van der Waals surface area contributed by atoms with Crippen LogP contribution in [0.2, 0.25) is 0 Å². The minimum Gasteiger partial charge on any atom is -0.399 e. The molecule has 0 aliphatic rings. The molecule has 1 aromatic carbocycles. The molecule has 21 heavy (non-hydrogen) atoms. The molecular formula is C13H12N4OS3. The van der Waals surface area contributed by atoms with Crippen LogP contribution in [0.3, 0.4) is 0 Å². The summed E-state index contributed by atoms with van der Waals surface area (Å²) in [5.41, 5.74) is 7.28. The Morgan fingerprint density at radius 2 is 2.33 bits per heavy atom. The number of carbonyl (C=O) groups excluding carboxylic acids is 1. The van der Waals surface area contributed by atoms with E-state index in [-0.39, 0.29) is 5.91 Å². The van der Waals surface area contributed by atoms with Crippen LogP contribution in [0.15, 0.2) is 34.1 Å². The summed E-state index contributed by atoms with van der Waals surface area (Å²) in [6.07, 6.45) is 2.20. The van der Waals surface area contributed by atoms with E-state index >= 15 is 0 Å². The fraction of sp³-hybridized carbons (Fsp3) is 0.154. The number of carbonyl (C=O) groups is 1. The number of rotatable bonds is 5. The van der Waals surface area contributed by atoms with E-state index in [1.54, 1.807) is 35.4 Å². The maximum Gasteiger partial charge on any atom is 0.226 e. The van der Waals surface area contributed by atoms with Gasteiger partial charge in [-0.05, 0) is 18.2 Å². The summed E-state index contributed by atoms with van der Waals surface area (Å²) < 4.78 is 1.96. The number of thiazole rings is 2. The molecule has 0 unspecified atom stereocenters. The molecule has 3 N–H and O–H groups in total. The number of nitrogen functional groups attached to an aromatic ring is 1. The first-order chi connectivity index (χ1) is 10.2. The summed E-state index contributed by atoms with van der Waals surface area (Å²) in [7, 11) is 0. The lowest BCUT2D eigenvalue weighted by molar-refractivity contribution is -0.115. The van der Waals surface area contributed by atoms with Crippen molar-refractivity contribution in [3.63, 3.8) is 0 Å². The Bertz CT molecular complexity index is 754. The van der Waals surface area contributed by atoms with Crippen LogP contribution in [0.4, 0.5) is 10.8 Å². The zero-order valence-corrected chi connectivity index (χ0v) is 13.4. The largest absolute Gasteiger partial charge is 0.399 e. The van der Waals surface area contributed by atoms with Gasteiger partial charge >= 0.3 is 0 Å². The molecule has 8 heteroatoms. The number of aromatic nitrogens is 2. The van der Waals surface area contributed by atoms with Gasteiger partial charge < -0.3 is 11.1 Å². The standard InChI is InChI=1S/C13H12N4OS3/c14-8-1-2-9-10(7-8)21-12(16-9)17-11(18)3-5-19-13-15-4-6-20-13/h1-2,4,6-7H,3,5,14H2,(H,16,17,18). The number of anilines is 2. The van der Waals surface area contributed by atoms with Crippen molar-refractivity contribution in [3.8, 4) is 0 Å². The molecule has 108 valence electrons. The van der Waals surface area contributed by atoms with Gasteiger partial charge in [0.15, 0.2) is 5.13 Å². The number of fused-ring (bicyclic) bond motifs is 1. The fourth-order valence-corrected chi connectivity index (χ4v) is 4.27. The summed E-state index contributed by atoms with van der Waals surface area (Å²) in [4.78, 5) is 20.4. The van der Waals surface area contributed by atoms with Crippen molar-refractivity contribution >= 4 is 61.4 Å². The first-order valence-electron chi connectivity index (χ1n) is 6.19. The van der Waals surface area contributed by atoms with Gasteiger partial charge in [0.1, 0.15) is 4.34 Å². The molecule has 0 atom stereocenters. The zero-order valence-electron chi connectivity index (χ0n) is 10.9. The molecular weight excluding hydrogens is 324 g/mol. The molecule has 0 saturated carbocycles. The summed E-state index contributed by atoms with van der Waals surface area (Å²) in [6.45, 7) is 0. The highest BCUT2D eigenvalue weighted by Crippen LogP contribution is 2.27. The van der Waals surface area contributed by atoms with Gasteiger partial charge in [-0.2, -0.15) is 0 Å². The van der Waals surface area contributed by atoms with E-state index in [1.807, 2.05) is 17.5 Å². The van der Waals surface area contributed by atoms with Gasteiger partial charge in [0.2, 0.25) is 5.91 Å². The van der Waals surface area contributed by atoms with Crippen molar-refractivity contribution in [1.82, 2.24) is 9.97 Å². The number of thioether (sulfide) groups is 1. The molecule has 0 bridgehead atoms. The second kappa shape index (κ2) is 6.42. The molecule has 0 aliphatic heterocycles. The Morgan fingerprint density at radius 1 is 1.43 bits per heavy atom. The second-order valence-electron chi connectivity index (χ2n) is 4.19. The van der Waals surface area contributed by atoms with E-state index in [2.05, 4.69) is 15.3 Å². The quantitative estimate of drug-likeness (QED) is 0.551. The normalized spacial score (nSPS) is 10.9. The summed E-state index contributed by atoms with van der Waals surface area (Å²) in [5, 5.41) is 5.37. The van der Waals surface area contributed by atoms with Crippen LogP contribution in [0.5, 0.6) is 0 Å². The third kappa shape index (κ3) is 3.72. The highest BCUT2D eigenvalue weighted by atomic mass is 32.2. The van der Waals surface area contributed by atoms with Gasteiger partial charge in [0.25, 0.3) is 0 Å². The van der Waals surface area contributed by atoms with Crippen molar-refractivity contribution < 1.29 is 4.79 Å². The van der Waals surface area contributed by atoms with Crippen LogP contribution in [0.25, 0.3) is 10.2 Å². The van der Waals surface area contributed by atoms with Gasteiger partial charge in [-0.15, -0.1) is 11.3 Å². The number of nitrogens with two attached hydrogens (primary N) is 1. The lowest BCUT2D eigenvalue weighted by Crippen LogP contribution is -2.11. The zero-order chi connectivity index (χ0) is 14.7. The van der Waals surface area contributed by atoms with Gasteiger partial charge in [-0.25, -0.2) is 9.97 Å². The van der Waals surface area contributed by atoms with Gasteiger partial charge in [-0.3, -0.25) is 4.79 Å². The second-order valence-corrected chi connectivity index (χ2v) is 7.46. The monoisotopic (exact) mass is 336 g/mol. The lowest BCUT2D eigenvalue weighted by Gasteiger charge is -2.00. The Balaban J connectivity index is 1.55. The number of benzene rings is 1. The molecule has 0 fully saturated rings. The first-order valence-corrected chi connectivity index (χ1v) is 8.87. The van der Waals surface area contributed by atoms with Crippen molar-refractivity contribution in [3.05, 3.63) is 29.8 Å². The summed E-state index contributed by atoms with van der Waals surface area (Å²) >= 11 is 4.60. The van der Waals surface area contributed by atoms with Gasteiger partial charge in [-0.1, -0.05) is 23.1 Å². The predicted molar refractivity (Wildman–Crippen MR) is 90.1 cm³/mol. The highest BCUT2D eigenvalue weighted by Gasteiger charge is 2.08. The van der Waals surface area contributed by atoms with Crippen molar-refractivity contribution in [2.45, 2.75) is 10.8 Å². The molecule has 3 rings (SSSR count). The van der Waals surface area contributed by atoms with E-state index in [9.17, 15) is 4.79 Å². The number of hydrogen-bond acceptors (Lipinski definition) is 7. The maximum atomic E-state index is 11.9. The smallest absolute Gasteiger partial charge is 0.226 e. The molecule has 3 aromatic rings. The van der Waals surface area contributed by atoms with Crippen LogP contribution in [0.1, 0.15) is 6.42 Å². The van der Waals surface area contributed by atoms with Crippen LogP contribution in [0, 0.1) is 0 Å². The molecule has 5 nitrogen and oxygen atoms in total. The molecule has 2 aromatic heterocycles. The van der Waals surface area contributed by atoms with Crippen LogP contribution in [-0.4, -0.2) is 21.6 Å². The maximum absolute atomic E-state index is 11.9. The van der Waals surface area contributed by atoms with Crippen LogP contribution in [-0.2, 0) is 4.79 Å². The Labute approximate surface area is 133 Å². The van der Waals surface area contributed by atoms with Gasteiger partial charge in [0, 0.05) is 29.4 Å². The predicted octanol–water partition coefficient (Wildman–Crippen LogP) is 3.46. The minimum absolute atomic E-state index is 0.0360. The van der Waals surface area contributed by atoms with Crippen molar-refractivity contribution in [2.75, 3.05) is 16.8 Å². The topological polar surface area (TPSA) is 80.9 Å². The number of nitrogens with one attached hydrogen (secondary N) is 1. The van der Waals surface area contributed by atoms with Crippen LogP contribution >= 0.6 is 34.4 Å². The molecule has 0 spiro atoms. The third-order valence-electron chi connectivity index (χ3n) is 2.62. The number of hydrogen-bond donors (Lipinski definition) is 2. The van der Waals surface area contributed by atoms with Crippen molar-refractivity contribution in [1.29, 1.82) is 0 Å². The Hall–Kier alpha value is -1.64. The van der Waals surface area contributed by atoms with E-state index in [0.29, 0.717) is 23.0 Å². The molecule has 0 aliphatic carbocycles. The van der Waals surface area contributed by atoms with E-state index in [1.165, 1.54) is 11.3 Å². The average molecular weight is 336 g/mol. The Kier molecular flexibility index (Phi) is 4.37. The third-order valence-corrected chi connectivity index (χ3v) is 5.52. The molecule has 1 amide bonds. The molecule has 0 saturated heterocycles. The first kappa shape index (κ1) is 14.3. The fourth-order valence-electron chi connectivity index (χ4n) is 1.69. The van der Waals surface area contributed by atoms with Gasteiger partial charge in [0.05, 0.1) is 10.2 Å².